The van der Waals surface area contributed by atoms with Crippen molar-refractivity contribution in [1.82, 2.24) is 4.98 Å². The molecule has 3 nitrogen and oxygen atoms in total. The van der Waals surface area contributed by atoms with Crippen LogP contribution in [0.15, 0.2) is 15.9 Å². The lowest BCUT2D eigenvalue weighted by Crippen LogP contribution is -1.98. The fourth-order valence-corrected chi connectivity index (χ4v) is 4.06. The van der Waals surface area contributed by atoms with Gasteiger partial charge in [-0.05, 0) is 27.4 Å². The number of esters is 1. The summed E-state index contributed by atoms with van der Waals surface area (Å²) in [7, 11) is 1.32. The van der Waals surface area contributed by atoms with E-state index in [1.807, 2.05) is 11.4 Å². The monoisotopic (exact) mass is 337 g/mol. The molecule has 0 radical (unpaired) electrons. The summed E-state index contributed by atoms with van der Waals surface area (Å²) in [6, 6.07) is 1.92. The third-order valence-electron chi connectivity index (χ3n) is 1.77. The van der Waals surface area contributed by atoms with Crippen LogP contribution in [0.1, 0.15) is 9.67 Å². The summed E-state index contributed by atoms with van der Waals surface area (Å²) in [5.74, 6) is -0.457. The van der Waals surface area contributed by atoms with Crippen LogP contribution < -0.4 is 0 Å². The van der Waals surface area contributed by atoms with Crippen molar-refractivity contribution in [2.75, 3.05) is 7.11 Å². The molecule has 0 saturated heterocycles. The number of carbonyl (C=O) groups is 1. The molecule has 16 heavy (non-hydrogen) atoms. The molecule has 2 aromatic heterocycles. The number of halogens is 2. The Morgan fingerprint density at radius 2 is 2.38 bits per heavy atom. The highest BCUT2D eigenvalue weighted by atomic mass is 79.9. The second-order valence-electron chi connectivity index (χ2n) is 2.73. The molecule has 0 bridgehead atoms. The molecule has 0 saturated carbocycles. The van der Waals surface area contributed by atoms with Crippen molar-refractivity contribution in [3.05, 3.63) is 25.9 Å². The van der Waals surface area contributed by atoms with Crippen LogP contribution >= 0.6 is 50.2 Å². The van der Waals surface area contributed by atoms with Gasteiger partial charge in [-0.3, -0.25) is 0 Å². The number of thiazole rings is 1. The van der Waals surface area contributed by atoms with Crippen LogP contribution in [0.5, 0.6) is 0 Å². The maximum absolute atomic E-state index is 11.4. The topological polar surface area (TPSA) is 39.2 Å². The van der Waals surface area contributed by atoms with Gasteiger partial charge in [-0.1, -0.05) is 11.6 Å². The zero-order chi connectivity index (χ0) is 11.7. The minimum absolute atomic E-state index is 0.187. The molecule has 0 aliphatic carbocycles. The summed E-state index contributed by atoms with van der Waals surface area (Å²) < 4.78 is 5.56. The van der Waals surface area contributed by atoms with E-state index in [1.165, 1.54) is 29.8 Å². The highest BCUT2D eigenvalue weighted by molar-refractivity contribution is 9.10. The van der Waals surface area contributed by atoms with Gasteiger partial charge >= 0.3 is 5.97 Å². The molecule has 0 aliphatic heterocycles. The van der Waals surface area contributed by atoms with Crippen molar-refractivity contribution >= 4 is 56.2 Å². The normalized spacial score (nSPS) is 10.4. The smallest absolute Gasteiger partial charge is 0.351 e. The number of rotatable bonds is 2. The average molecular weight is 339 g/mol. The van der Waals surface area contributed by atoms with E-state index in [-0.39, 0.29) is 5.15 Å². The lowest BCUT2D eigenvalue weighted by atomic mass is 10.5. The minimum Gasteiger partial charge on any atom is -0.465 e. The van der Waals surface area contributed by atoms with Crippen molar-refractivity contribution in [3.63, 3.8) is 0 Å². The lowest BCUT2D eigenvalue weighted by Gasteiger charge is -1.92. The molecule has 0 N–H and O–H groups in total. The quantitative estimate of drug-likeness (QED) is 0.775. The fourth-order valence-electron chi connectivity index (χ4n) is 1.06. The van der Waals surface area contributed by atoms with Crippen molar-refractivity contribution < 1.29 is 9.53 Å². The zero-order valence-electron chi connectivity index (χ0n) is 7.99. The van der Waals surface area contributed by atoms with E-state index < -0.39 is 5.97 Å². The standard InChI is InChI=1S/C9H5BrClNO2S2/c1-14-9(13)6-7(11)12-8(16-6)5-4(10)2-3-15-5/h2-3H,1H3. The second kappa shape index (κ2) is 4.83. The Morgan fingerprint density at radius 3 is 2.94 bits per heavy atom. The molecule has 0 fully saturated rings. The molecular weight excluding hydrogens is 334 g/mol. The van der Waals surface area contributed by atoms with Gasteiger partial charge < -0.3 is 4.74 Å². The molecule has 0 aromatic carbocycles. The first-order chi connectivity index (χ1) is 7.63. The number of aromatic nitrogens is 1. The molecule has 2 heterocycles. The van der Waals surface area contributed by atoms with Crippen LogP contribution in [0.4, 0.5) is 0 Å². The first kappa shape index (κ1) is 12.0. The number of thiophene rings is 1. The number of hydrogen-bond donors (Lipinski definition) is 0. The van der Waals surface area contributed by atoms with E-state index in [9.17, 15) is 4.79 Å². The average Bonchev–Trinajstić information content (AvgIpc) is 2.83. The molecule has 2 rings (SSSR count). The molecule has 0 unspecified atom stereocenters. The van der Waals surface area contributed by atoms with Crippen LogP contribution in [0.2, 0.25) is 5.15 Å². The number of carbonyl (C=O) groups excluding carboxylic acids is 1. The van der Waals surface area contributed by atoms with E-state index >= 15 is 0 Å². The zero-order valence-corrected chi connectivity index (χ0v) is 12.0. The summed E-state index contributed by atoms with van der Waals surface area (Å²) in [5, 5.41) is 2.84. The Hall–Kier alpha value is -0.430. The molecule has 7 heteroatoms. The van der Waals surface area contributed by atoms with Crippen LogP contribution in [0.3, 0.4) is 0 Å². The lowest BCUT2D eigenvalue weighted by molar-refractivity contribution is 0.0606. The number of nitrogens with zero attached hydrogens (tertiary/aromatic N) is 1. The Balaban J connectivity index is 2.46. The third kappa shape index (κ3) is 2.15. The van der Waals surface area contributed by atoms with Gasteiger partial charge in [0.15, 0.2) is 10.0 Å². The first-order valence-electron chi connectivity index (χ1n) is 4.11. The summed E-state index contributed by atoms with van der Waals surface area (Å²) in [5.41, 5.74) is 0. The van der Waals surface area contributed by atoms with E-state index in [4.69, 9.17) is 11.6 Å². The Bertz CT molecular complexity index is 537. The highest BCUT2D eigenvalue weighted by Gasteiger charge is 2.19. The fraction of sp³-hybridized carbons (Fsp3) is 0.111. The summed E-state index contributed by atoms with van der Waals surface area (Å²) in [6.45, 7) is 0. The van der Waals surface area contributed by atoms with Gasteiger partial charge in [0.05, 0.1) is 12.0 Å². The number of hydrogen-bond acceptors (Lipinski definition) is 5. The second-order valence-corrected chi connectivity index (χ2v) is 5.86. The molecule has 2 aromatic rings. The summed E-state index contributed by atoms with van der Waals surface area (Å²) in [6.07, 6.45) is 0. The summed E-state index contributed by atoms with van der Waals surface area (Å²) in [4.78, 5) is 16.8. The van der Waals surface area contributed by atoms with Crippen molar-refractivity contribution in [3.8, 4) is 9.88 Å². The maximum Gasteiger partial charge on any atom is 0.351 e. The molecular formula is C9H5BrClNO2S2. The Kier molecular flexibility index (Phi) is 3.63. The highest BCUT2D eigenvalue weighted by Crippen LogP contribution is 2.38. The van der Waals surface area contributed by atoms with E-state index in [1.54, 1.807) is 0 Å². The number of ether oxygens (including phenoxy) is 1. The van der Waals surface area contributed by atoms with Crippen LogP contribution in [-0.2, 0) is 4.74 Å². The van der Waals surface area contributed by atoms with Gasteiger partial charge in [0.2, 0.25) is 0 Å². The van der Waals surface area contributed by atoms with E-state index in [0.29, 0.717) is 9.88 Å². The van der Waals surface area contributed by atoms with Gasteiger partial charge in [-0.2, -0.15) is 0 Å². The predicted octanol–water partition coefficient (Wildman–Crippen LogP) is 4.07. The third-order valence-corrected chi connectivity index (χ3v) is 5.18. The Labute approximate surface area is 113 Å². The largest absolute Gasteiger partial charge is 0.465 e. The molecule has 0 spiro atoms. The van der Waals surface area contributed by atoms with E-state index in [2.05, 4.69) is 25.7 Å². The SMILES string of the molecule is COC(=O)c1sc(-c2sccc2Br)nc1Cl. The van der Waals surface area contributed by atoms with Crippen molar-refractivity contribution in [2.24, 2.45) is 0 Å². The van der Waals surface area contributed by atoms with Gasteiger partial charge in [-0.25, -0.2) is 9.78 Å². The van der Waals surface area contributed by atoms with Crippen LogP contribution in [0, 0.1) is 0 Å². The van der Waals surface area contributed by atoms with Gasteiger partial charge in [0, 0.05) is 4.47 Å². The van der Waals surface area contributed by atoms with Gasteiger partial charge in [-0.15, -0.1) is 22.7 Å². The predicted molar refractivity (Wildman–Crippen MR) is 69.5 cm³/mol. The van der Waals surface area contributed by atoms with Crippen LogP contribution in [0.25, 0.3) is 9.88 Å². The van der Waals surface area contributed by atoms with Crippen LogP contribution in [-0.4, -0.2) is 18.1 Å². The van der Waals surface area contributed by atoms with Crippen molar-refractivity contribution in [1.29, 1.82) is 0 Å². The van der Waals surface area contributed by atoms with Crippen molar-refractivity contribution in [2.45, 2.75) is 0 Å². The van der Waals surface area contributed by atoms with E-state index in [0.717, 1.165) is 9.35 Å². The minimum atomic E-state index is -0.457. The number of methoxy groups -OCH3 is 1. The maximum atomic E-state index is 11.4. The molecule has 84 valence electrons. The van der Waals surface area contributed by atoms with Gasteiger partial charge in [0.25, 0.3) is 0 Å². The first-order valence-corrected chi connectivity index (χ1v) is 6.98. The molecule has 0 amide bonds. The molecule has 0 atom stereocenters. The molecule has 0 aliphatic rings. The Morgan fingerprint density at radius 1 is 1.62 bits per heavy atom. The summed E-state index contributed by atoms with van der Waals surface area (Å²) >= 11 is 12.0. The van der Waals surface area contributed by atoms with Gasteiger partial charge in [0.1, 0.15) is 5.01 Å².